The Labute approximate surface area is 127 Å². The standard InChI is InChI=1S/C12H7BrCl2N4/c1-6-9(10-7(14)3-2-4-8(10)15)11(13)19-12(18-6)16-5-17-19/h2-5H,1H3. The molecule has 0 bridgehead atoms. The summed E-state index contributed by atoms with van der Waals surface area (Å²) in [6.45, 7) is 1.88. The third-order valence-corrected chi connectivity index (χ3v) is 4.13. The Balaban J connectivity index is 2.42. The van der Waals surface area contributed by atoms with E-state index in [0.29, 0.717) is 15.8 Å². The zero-order valence-corrected chi connectivity index (χ0v) is 12.8. The van der Waals surface area contributed by atoms with Gasteiger partial charge in [-0.1, -0.05) is 29.3 Å². The van der Waals surface area contributed by atoms with Gasteiger partial charge >= 0.3 is 0 Å². The summed E-state index contributed by atoms with van der Waals surface area (Å²) in [5.41, 5.74) is 2.33. The van der Waals surface area contributed by atoms with E-state index in [1.165, 1.54) is 6.33 Å². The van der Waals surface area contributed by atoms with Gasteiger partial charge in [0.15, 0.2) is 0 Å². The number of aromatic nitrogens is 4. The number of rotatable bonds is 1. The van der Waals surface area contributed by atoms with E-state index in [9.17, 15) is 0 Å². The van der Waals surface area contributed by atoms with Crippen LogP contribution in [0.2, 0.25) is 10.0 Å². The largest absolute Gasteiger partial charge is 0.253 e. The number of hydrogen-bond donors (Lipinski definition) is 0. The van der Waals surface area contributed by atoms with Crippen molar-refractivity contribution >= 4 is 44.9 Å². The SMILES string of the molecule is Cc1nc2ncnn2c(Br)c1-c1c(Cl)cccc1Cl. The van der Waals surface area contributed by atoms with E-state index in [1.807, 2.05) is 6.92 Å². The quantitative estimate of drug-likeness (QED) is 0.614. The average Bonchev–Trinajstić information content (AvgIpc) is 2.81. The van der Waals surface area contributed by atoms with Crippen molar-refractivity contribution < 1.29 is 0 Å². The molecule has 0 fully saturated rings. The lowest BCUT2D eigenvalue weighted by molar-refractivity contribution is 0.907. The van der Waals surface area contributed by atoms with Gasteiger partial charge in [-0.15, -0.1) is 0 Å². The van der Waals surface area contributed by atoms with Crippen LogP contribution in [0.3, 0.4) is 0 Å². The van der Waals surface area contributed by atoms with Gasteiger partial charge in [-0.05, 0) is 35.0 Å². The van der Waals surface area contributed by atoms with E-state index in [2.05, 4.69) is 31.0 Å². The Morgan fingerprint density at radius 2 is 1.84 bits per heavy atom. The number of fused-ring (bicyclic) bond motifs is 1. The van der Waals surface area contributed by atoms with Gasteiger partial charge in [0.25, 0.3) is 5.78 Å². The molecule has 19 heavy (non-hydrogen) atoms. The fraction of sp³-hybridized carbons (Fsp3) is 0.0833. The molecule has 0 saturated carbocycles. The lowest BCUT2D eigenvalue weighted by atomic mass is 10.1. The maximum absolute atomic E-state index is 6.25. The molecule has 0 unspecified atom stereocenters. The molecule has 0 radical (unpaired) electrons. The molecule has 4 nitrogen and oxygen atoms in total. The van der Waals surface area contributed by atoms with E-state index in [0.717, 1.165) is 21.4 Å². The van der Waals surface area contributed by atoms with Crippen LogP contribution in [0.4, 0.5) is 0 Å². The lowest BCUT2D eigenvalue weighted by Crippen LogP contribution is -2.00. The van der Waals surface area contributed by atoms with Crippen LogP contribution >= 0.6 is 39.1 Å². The maximum atomic E-state index is 6.25. The highest BCUT2D eigenvalue weighted by molar-refractivity contribution is 9.10. The summed E-state index contributed by atoms with van der Waals surface area (Å²) < 4.78 is 2.32. The zero-order chi connectivity index (χ0) is 13.6. The molecule has 0 aliphatic carbocycles. The molecule has 1 aromatic carbocycles. The Morgan fingerprint density at radius 3 is 2.53 bits per heavy atom. The van der Waals surface area contributed by atoms with Gasteiger partial charge in [-0.2, -0.15) is 14.6 Å². The van der Waals surface area contributed by atoms with Crippen LogP contribution in [0.1, 0.15) is 5.69 Å². The Hall–Kier alpha value is -1.17. The fourth-order valence-corrected chi connectivity index (χ4v) is 3.25. The summed E-state index contributed by atoms with van der Waals surface area (Å²) in [6, 6.07) is 5.39. The van der Waals surface area contributed by atoms with E-state index in [1.54, 1.807) is 22.7 Å². The van der Waals surface area contributed by atoms with Crippen molar-refractivity contribution in [3.05, 3.63) is 44.9 Å². The van der Waals surface area contributed by atoms with Crippen molar-refractivity contribution in [1.82, 2.24) is 19.6 Å². The molecule has 2 heterocycles. The molecule has 3 aromatic rings. The first-order valence-electron chi connectivity index (χ1n) is 5.40. The smallest absolute Gasteiger partial charge is 0.216 e. The van der Waals surface area contributed by atoms with E-state index in [-0.39, 0.29) is 0 Å². The topological polar surface area (TPSA) is 43.1 Å². The summed E-state index contributed by atoms with van der Waals surface area (Å²) >= 11 is 16.0. The molecule has 0 N–H and O–H groups in total. The summed E-state index contributed by atoms with van der Waals surface area (Å²) in [7, 11) is 0. The molecular weight excluding hydrogens is 351 g/mol. The molecular formula is C12H7BrCl2N4. The highest BCUT2D eigenvalue weighted by Gasteiger charge is 2.18. The number of benzene rings is 1. The molecule has 0 saturated heterocycles. The van der Waals surface area contributed by atoms with Gasteiger partial charge in [0, 0.05) is 11.1 Å². The highest BCUT2D eigenvalue weighted by Crippen LogP contribution is 2.39. The van der Waals surface area contributed by atoms with Crippen LogP contribution in [-0.2, 0) is 0 Å². The summed E-state index contributed by atoms with van der Waals surface area (Å²) in [6.07, 6.45) is 1.45. The van der Waals surface area contributed by atoms with Gasteiger partial charge in [-0.3, -0.25) is 0 Å². The van der Waals surface area contributed by atoms with Crippen molar-refractivity contribution in [2.75, 3.05) is 0 Å². The first-order valence-corrected chi connectivity index (χ1v) is 6.94. The van der Waals surface area contributed by atoms with Crippen molar-refractivity contribution in [3.63, 3.8) is 0 Å². The summed E-state index contributed by atoms with van der Waals surface area (Å²) in [5.74, 6) is 0.524. The first-order chi connectivity index (χ1) is 9.09. The first kappa shape index (κ1) is 12.8. The minimum atomic E-state index is 0.524. The van der Waals surface area contributed by atoms with Crippen LogP contribution in [0.5, 0.6) is 0 Å². The number of aryl methyl sites for hydroxylation is 1. The van der Waals surface area contributed by atoms with Crippen LogP contribution in [0.25, 0.3) is 16.9 Å². The van der Waals surface area contributed by atoms with E-state index in [4.69, 9.17) is 23.2 Å². The van der Waals surface area contributed by atoms with Crippen LogP contribution in [0.15, 0.2) is 29.1 Å². The van der Waals surface area contributed by atoms with Crippen LogP contribution in [-0.4, -0.2) is 19.6 Å². The van der Waals surface area contributed by atoms with Gasteiger partial charge < -0.3 is 0 Å². The molecule has 0 amide bonds. The van der Waals surface area contributed by atoms with E-state index < -0.39 is 0 Å². The van der Waals surface area contributed by atoms with Crippen molar-refractivity contribution in [1.29, 1.82) is 0 Å². The van der Waals surface area contributed by atoms with Crippen LogP contribution < -0.4 is 0 Å². The normalized spacial score (nSPS) is 11.2. The molecule has 3 rings (SSSR count). The third-order valence-electron chi connectivity index (χ3n) is 2.76. The molecule has 0 aliphatic heterocycles. The Bertz CT molecular complexity index is 764. The minimum Gasteiger partial charge on any atom is -0.216 e. The van der Waals surface area contributed by atoms with Crippen molar-refractivity contribution in [3.8, 4) is 11.1 Å². The second-order valence-electron chi connectivity index (χ2n) is 3.93. The zero-order valence-electron chi connectivity index (χ0n) is 9.73. The molecule has 7 heteroatoms. The molecule has 96 valence electrons. The van der Waals surface area contributed by atoms with Gasteiger partial charge in [0.1, 0.15) is 10.9 Å². The second-order valence-corrected chi connectivity index (χ2v) is 5.50. The number of hydrogen-bond acceptors (Lipinski definition) is 3. The monoisotopic (exact) mass is 356 g/mol. The minimum absolute atomic E-state index is 0.524. The predicted molar refractivity (Wildman–Crippen MR) is 78.7 cm³/mol. The Kier molecular flexibility index (Phi) is 3.20. The number of nitrogens with zero attached hydrogens (tertiary/aromatic N) is 4. The summed E-state index contributed by atoms with van der Waals surface area (Å²) in [4.78, 5) is 8.46. The molecule has 0 aliphatic rings. The molecule has 0 spiro atoms. The van der Waals surface area contributed by atoms with Crippen molar-refractivity contribution in [2.24, 2.45) is 0 Å². The third kappa shape index (κ3) is 2.02. The second kappa shape index (κ2) is 4.74. The molecule has 2 aromatic heterocycles. The van der Waals surface area contributed by atoms with Crippen LogP contribution in [0, 0.1) is 6.92 Å². The fourth-order valence-electron chi connectivity index (χ4n) is 1.93. The predicted octanol–water partition coefficient (Wildman–Crippen LogP) is 4.17. The average molecular weight is 358 g/mol. The van der Waals surface area contributed by atoms with E-state index >= 15 is 0 Å². The van der Waals surface area contributed by atoms with Gasteiger partial charge in [0.05, 0.1) is 15.7 Å². The highest BCUT2D eigenvalue weighted by atomic mass is 79.9. The Morgan fingerprint density at radius 1 is 1.16 bits per heavy atom. The van der Waals surface area contributed by atoms with Crippen molar-refractivity contribution in [2.45, 2.75) is 6.92 Å². The lowest BCUT2D eigenvalue weighted by Gasteiger charge is -2.12. The molecule has 0 atom stereocenters. The van der Waals surface area contributed by atoms with Gasteiger partial charge in [-0.25, -0.2) is 4.98 Å². The maximum Gasteiger partial charge on any atom is 0.253 e. The number of halogens is 3. The van der Waals surface area contributed by atoms with Gasteiger partial charge in [0.2, 0.25) is 0 Å². The summed E-state index contributed by atoms with van der Waals surface area (Å²) in [5, 5.41) is 5.25.